The molecule has 1 aromatic carbocycles. The maximum atomic E-state index is 5.31. The molecule has 0 aromatic heterocycles. The Hall–Kier alpha value is -0.580. The summed E-state index contributed by atoms with van der Waals surface area (Å²) in [6.45, 7) is 6.65. The van der Waals surface area contributed by atoms with Crippen LogP contribution in [0.15, 0.2) is 22.7 Å². The Balaban J connectivity index is 2.06. The third-order valence-corrected chi connectivity index (χ3v) is 4.48. The van der Waals surface area contributed by atoms with Crippen LogP contribution in [0.25, 0.3) is 0 Å². The van der Waals surface area contributed by atoms with Crippen LogP contribution in [-0.4, -0.2) is 37.7 Å². The van der Waals surface area contributed by atoms with Gasteiger partial charge >= 0.3 is 0 Å². The molecule has 0 saturated carbocycles. The molecule has 0 amide bonds. The van der Waals surface area contributed by atoms with Crippen molar-refractivity contribution in [3.63, 3.8) is 0 Å². The molecule has 106 valence electrons. The molecule has 0 aliphatic carbocycles. The number of benzene rings is 1. The Labute approximate surface area is 124 Å². The fourth-order valence-corrected chi connectivity index (χ4v) is 2.91. The maximum Gasteiger partial charge on any atom is 0.119 e. The van der Waals surface area contributed by atoms with Crippen LogP contribution in [0, 0.1) is 0 Å². The first-order valence-electron chi connectivity index (χ1n) is 7.01. The van der Waals surface area contributed by atoms with Gasteiger partial charge in [0.25, 0.3) is 0 Å². The van der Waals surface area contributed by atoms with Gasteiger partial charge in [-0.2, -0.15) is 0 Å². The minimum absolute atomic E-state index is 0.617. The molecule has 1 aliphatic rings. The minimum Gasteiger partial charge on any atom is -0.497 e. The molecule has 1 saturated heterocycles. The molecule has 0 spiro atoms. The van der Waals surface area contributed by atoms with Crippen molar-refractivity contribution < 1.29 is 4.74 Å². The third kappa shape index (κ3) is 4.20. The van der Waals surface area contributed by atoms with E-state index in [4.69, 9.17) is 4.74 Å². The van der Waals surface area contributed by atoms with Crippen molar-refractivity contribution in [1.29, 1.82) is 0 Å². The SMILES string of the molecule is CCC1CN(Cc2cc(OC)ccc2Br)CCCN1. The van der Waals surface area contributed by atoms with Gasteiger partial charge in [-0.15, -0.1) is 0 Å². The van der Waals surface area contributed by atoms with Gasteiger partial charge in [-0.25, -0.2) is 0 Å². The third-order valence-electron chi connectivity index (χ3n) is 3.70. The van der Waals surface area contributed by atoms with Crippen LogP contribution >= 0.6 is 15.9 Å². The standard InChI is InChI=1S/C15H23BrN2O/c1-3-13-11-18(8-4-7-17-13)10-12-9-14(19-2)5-6-15(12)16/h5-6,9,13,17H,3-4,7-8,10-11H2,1-2H3. The van der Waals surface area contributed by atoms with Crippen LogP contribution < -0.4 is 10.1 Å². The smallest absolute Gasteiger partial charge is 0.119 e. The van der Waals surface area contributed by atoms with Crippen molar-refractivity contribution in [2.45, 2.75) is 32.4 Å². The minimum atomic E-state index is 0.617. The second-order valence-electron chi connectivity index (χ2n) is 5.11. The number of nitrogens with one attached hydrogen (secondary N) is 1. The first-order chi connectivity index (χ1) is 9.22. The Kier molecular flexibility index (Phi) is 5.67. The van der Waals surface area contributed by atoms with E-state index in [9.17, 15) is 0 Å². The molecule has 1 heterocycles. The highest BCUT2D eigenvalue weighted by molar-refractivity contribution is 9.10. The molecule has 4 heteroatoms. The summed E-state index contributed by atoms with van der Waals surface area (Å²) in [6.07, 6.45) is 2.41. The summed E-state index contributed by atoms with van der Waals surface area (Å²) in [6, 6.07) is 6.81. The van der Waals surface area contributed by atoms with E-state index in [1.54, 1.807) is 7.11 Å². The van der Waals surface area contributed by atoms with Crippen LogP contribution in [0.2, 0.25) is 0 Å². The summed E-state index contributed by atoms with van der Waals surface area (Å²) in [5.41, 5.74) is 1.30. The van der Waals surface area contributed by atoms with Crippen molar-refractivity contribution in [1.82, 2.24) is 10.2 Å². The first kappa shape index (κ1) is 14.8. The monoisotopic (exact) mass is 326 g/mol. The Morgan fingerprint density at radius 2 is 2.32 bits per heavy atom. The molecular formula is C15H23BrN2O. The van der Waals surface area contributed by atoms with Gasteiger partial charge in [0.05, 0.1) is 7.11 Å². The van der Waals surface area contributed by atoms with Crippen molar-refractivity contribution >= 4 is 15.9 Å². The second kappa shape index (κ2) is 7.27. The molecule has 1 aliphatic heterocycles. The quantitative estimate of drug-likeness (QED) is 0.920. The highest BCUT2D eigenvalue weighted by Gasteiger charge is 2.17. The Bertz CT molecular complexity index is 411. The van der Waals surface area contributed by atoms with E-state index in [1.165, 1.54) is 22.9 Å². The first-order valence-corrected chi connectivity index (χ1v) is 7.80. The molecule has 1 N–H and O–H groups in total. The number of nitrogens with zero attached hydrogens (tertiary/aromatic N) is 1. The van der Waals surface area contributed by atoms with Crippen molar-refractivity contribution in [2.24, 2.45) is 0 Å². The predicted molar refractivity (Wildman–Crippen MR) is 82.7 cm³/mol. The van der Waals surface area contributed by atoms with Crippen LogP contribution in [0.3, 0.4) is 0 Å². The van der Waals surface area contributed by atoms with Crippen LogP contribution in [-0.2, 0) is 6.54 Å². The molecule has 1 fully saturated rings. The number of rotatable bonds is 4. The van der Waals surface area contributed by atoms with E-state index in [-0.39, 0.29) is 0 Å². The van der Waals surface area contributed by atoms with E-state index in [0.717, 1.165) is 31.9 Å². The van der Waals surface area contributed by atoms with Crippen LogP contribution in [0.1, 0.15) is 25.3 Å². The lowest BCUT2D eigenvalue weighted by atomic mass is 10.1. The molecule has 1 unspecified atom stereocenters. The highest BCUT2D eigenvalue weighted by atomic mass is 79.9. The lowest BCUT2D eigenvalue weighted by Gasteiger charge is -2.24. The number of ether oxygens (including phenoxy) is 1. The summed E-state index contributed by atoms with van der Waals surface area (Å²) < 4.78 is 6.48. The number of methoxy groups -OCH3 is 1. The molecule has 1 aromatic rings. The fraction of sp³-hybridized carbons (Fsp3) is 0.600. The zero-order valence-corrected chi connectivity index (χ0v) is 13.4. The average Bonchev–Trinajstić information content (AvgIpc) is 2.66. The Morgan fingerprint density at radius 3 is 3.05 bits per heavy atom. The molecule has 0 bridgehead atoms. The molecule has 2 rings (SSSR count). The summed E-state index contributed by atoms with van der Waals surface area (Å²) in [7, 11) is 1.72. The summed E-state index contributed by atoms with van der Waals surface area (Å²) in [5, 5.41) is 3.61. The van der Waals surface area contributed by atoms with Gasteiger partial charge in [0.2, 0.25) is 0 Å². The van der Waals surface area contributed by atoms with Gasteiger partial charge in [0, 0.05) is 23.6 Å². The summed E-state index contributed by atoms with van der Waals surface area (Å²) in [4.78, 5) is 2.54. The summed E-state index contributed by atoms with van der Waals surface area (Å²) in [5.74, 6) is 0.929. The maximum absolute atomic E-state index is 5.31. The molecule has 3 nitrogen and oxygen atoms in total. The van der Waals surface area contributed by atoms with E-state index in [1.807, 2.05) is 6.07 Å². The predicted octanol–water partition coefficient (Wildman–Crippen LogP) is 3.03. The molecule has 1 atom stereocenters. The lowest BCUT2D eigenvalue weighted by molar-refractivity contribution is 0.256. The van der Waals surface area contributed by atoms with E-state index in [2.05, 4.69) is 45.2 Å². The van der Waals surface area contributed by atoms with Gasteiger partial charge in [-0.3, -0.25) is 4.90 Å². The largest absolute Gasteiger partial charge is 0.497 e. The van der Waals surface area contributed by atoms with Crippen molar-refractivity contribution in [3.8, 4) is 5.75 Å². The van der Waals surface area contributed by atoms with Gasteiger partial charge < -0.3 is 10.1 Å². The average molecular weight is 327 g/mol. The molecule has 19 heavy (non-hydrogen) atoms. The fourth-order valence-electron chi connectivity index (χ4n) is 2.53. The highest BCUT2D eigenvalue weighted by Crippen LogP contribution is 2.24. The van der Waals surface area contributed by atoms with Gasteiger partial charge in [-0.1, -0.05) is 22.9 Å². The van der Waals surface area contributed by atoms with Gasteiger partial charge in [-0.05, 0) is 49.7 Å². The van der Waals surface area contributed by atoms with E-state index >= 15 is 0 Å². The summed E-state index contributed by atoms with van der Waals surface area (Å²) >= 11 is 3.64. The van der Waals surface area contributed by atoms with Gasteiger partial charge in [0.15, 0.2) is 0 Å². The van der Waals surface area contributed by atoms with Crippen molar-refractivity contribution in [2.75, 3.05) is 26.7 Å². The topological polar surface area (TPSA) is 24.5 Å². The molecular weight excluding hydrogens is 304 g/mol. The number of hydrogen-bond acceptors (Lipinski definition) is 3. The zero-order valence-electron chi connectivity index (χ0n) is 11.8. The second-order valence-corrected chi connectivity index (χ2v) is 5.96. The van der Waals surface area contributed by atoms with E-state index < -0.39 is 0 Å². The van der Waals surface area contributed by atoms with Crippen LogP contribution in [0.4, 0.5) is 0 Å². The lowest BCUT2D eigenvalue weighted by Crippen LogP contribution is -2.36. The molecule has 0 radical (unpaired) electrons. The van der Waals surface area contributed by atoms with Gasteiger partial charge in [0.1, 0.15) is 5.75 Å². The number of hydrogen-bond donors (Lipinski definition) is 1. The number of halogens is 1. The zero-order chi connectivity index (χ0) is 13.7. The van der Waals surface area contributed by atoms with E-state index in [0.29, 0.717) is 6.04 Å². The Morgan fingerprint density at radius 1 is 1.47 bits per heavy atom. The van der Waals surface area contributed by atoms with Crippen LogP contribution in [0.5, 0.6) is 5.75 Å². The normalized spacial score (nSPS) is 21.1. The van der Waals surface area contributed by atoms with Crippen molar-refractivity contribution in [3.05, 3.63) is 28.2 Å².